The molecule has 8 heteroatoms. The van der Waals surface area contributed by atoms with E-state index in [1.54, 1.807) is 6.20 Å². The zero-order valence-electron chi connectivity index (χ0n) is 19.0. The Labute approximate surface area is 203 Å². The van der Waals surface area contributed by atoms with Gasteiger partial charge in [-0.25, -0.2) is 9.67 Å². The van der Waals surface area contributed by atoms with Gasteiger partial charge in [-0.2, -0.15) is 5.10 Å². The van der Waals surface area contributed by atoms with Crippen molar-refractivity contribution in [2.24, 2.45) is 10.9 Å². The van der Waals surface area contributed by atoms with E-state index in [0.717, 1.165) is 56.6 Å². The number of hydrogen-bond acceptors (Lipinski definition) is 4. The monoisotopic (exact) mass is 540 g/mol. The van der Waals surface area contributed by atoms with Gasteiger partial charge in [0.05, 0.1) is 25.4 Å². The molecular weight excluding hydrogens is 503 g/mol. The maximum atomic E-state index is 5.54. The Morgan fingerprint density at radius 2 is 2.00 bits per heavy atom. The molecule has 1 aromatic heterocycles. The van der Waals surface area contributed by atoms with Crippen LogP contribution in [0, 0.1) is 5.92 Å². The fourth-order valence-electron chi connectivity index (χ4n) is 3.79. The Bertz CT molecular complexity index is 774. The lowest BCUT2D eigenvalue weighted by Gasteiger charge is -2.35. The summed E-state index contributed by atoms with van der Waals surface area (Å²) in [6.45, 7) is 12.7. The summed E-state index contributed by atoms with van der Waals surface area (Å²) >= 11 is 0. The Hall–Kier alpha value is -1.65. The minimum absolute atomic E-state index is 0. The predicted octanol–water partition coefficient (Wildman–Crippen LogP) is 3.29. The molecule has 2 N–H and O–H groups in total. The number of morpholine rings is 1. The van der Waals surface area contributed by atoms with Gasteiger partial charge in [0, 0.05) is 44.6 Å². The highest BCUT2D eigenvalue weighted by Crippen LogP contribution is 2.13. The topological polar surface area (TPSA) is 66.7 Å². The number of rotatable bonds is 9. The van der Waals surface area contributed by atoms with Crippen molar-refractivity contribution in [3.05, 3.63) is 48.3 Å². The highest BCUT2D eigenvalue weighted by atomic mass is 127. The highest BCUT2D eigenvalue weighted by Gasteiger charge is 2.22. The number of benzene rings is 1. The van der Waals surface area contributed by atoms with Gasteiger partial charge in [0.1, 0.15) is 0 Å². The molecule has 1 aliphatic heterocycles. The quantitative estimate of drug-likeness (QED) is 0.291. The summed E-state index contributed by atoms with van der Waals surface area (Å²) in [5.41, 5.74) is 2.21. The Balaban J connectivity index is 0.00000341. The molecule has 172 valence electrons. The lowest BCUT2D eigenvalue weighted by Crippen LogP contribution is -2.51. The zero-order valence-corrected chi connectivity index (χ0v) is 21.3. The van der Waals surface area contributed by atoms with Gasteiger partial charge < -0.3 is 15.4 Å². The molecule has 1 unspecified atom stereocenters. The van der Waals surface area contributed by atoms with Crippen molar-refractivity contribution in [2.45, 2.75) is 39.8 Å². The molecule has 0 amide bonds. The van der Waals surface area contributed by atoms with Crippen LogP contribution in [-0.2, 0) is 11.3 Å². The summed E-state index contributed by atoms with van der Waals surface area (Å²) in [7, 11) is 0. The fraction of sp³-hybridized carbons (Fsp3) is 0.565. The van der Waals surface area contributed by atoms with Crippen molar-refractivity contribution in [2.75, 3.05) is 39.4 Å². The molecule has 2 heterocycles. The molecule has 1 aliphatic rings. The minimum atomic E-state index is 0. The van der Waals surface area contributed by atoms with Crippen LogP contribution in [0.3, 0.4) is 0 Å². The molecule has 1 saturated heterocycles. The van der Waals surface area contributed by atoms with Gasteiger partial charge in [0.2, 0.25) is 0 Å². The maximum Gasteiger partial charge on any atom is 0.191 e. The number of ether oxygens (including phenoxy) is 1. The average Bonchev–Trinajstić information content (AvgIpc) is 3.30. The van der Waals surface area contributed by atoms with Crippen molar-refractivity contribution in [3.63, 3.8) is 0 Å². The summed E-state index contributed by atoms with van der Waals surface area (Å²) < 4.78 is 7.41. The van der Waals surface area contributed by atoms with Gasteiger partial charge in [-0.15, -0.1) is 24.0 Å². The van der Waals surface area contributed by atoms with Gasteiger partial charge >= 0.3 is 0 Å². The van der Waals surface area contributed by atoms with Crippen LogP contribution in [0.1, 0.15) is 32.8 Å². The number of aliphatic imine (C=N–C) groups is 1. The molecule has 3 rings (SSSR count). The van der Waals surface area contributed by atoms with Gasteiger partial charge in [-0.3, -0.25) is 4.90 Å². The molecule has 0 spiro atoms. The summed E-state index contributed by atoms with van der Waals surface area (Å²) in [5.74, 6) is 1.52. The van der Waals surface area contributed by atoms with Gasteiger partial charge in [-0.1, -0.05) is 26.0 Å². The third-order valence-corrected chi connectivity index (χ3v) is 5.25. The standard InChI is InChI=1S/C23H36N6O.HI/c1-4-24-23(26-18-22(15-19(2)3)28-11-13-30-14-12-28)25-17-20-7-5-8-21(16-20)29-10-6-9-27-29;/h5-10,16,19,22H,4,11-15,17-18H2,1-3H3,(H2,24,25,26);1H. The van der Waals surface area contributed by atoms with Gasteiger partial charge in [0.25, 0.3) is 0 Å². The molecule has 2 aromatic rings. The van der Waals surface area contributed by atoms with Crippen molar-refractivity contribution >= 4 is 29.9 Å². The Kier molecular flexibility index (Phi) is 11.3. The van der Waals surface area contributed by atoms with E-state index in [1.165, 1.54) is 6.42 Å². The van der Waals surface area contributed by atoms with Crippen LogP contribution in [0.5, 0.6) is 0 Å². The third-order valence-electron chi connectivity index (χ3n) is 5.25. The summed E-state index contributed by atoms with van der Waals surface area (Å²) in [6, 6.07) is 10.8. The molecule has 0 bridgehead atoms. The fourth-order valence-corrected chi connectivity index (χ4v) is 3.79. The molecule has 0 radical (unpaired) electrons. The average molecular weight is 540 g/mol. The molecule has 1 fully saturated rings. The van der Waals surface area contributed by atoms with E-state index in [4.69, 9.17) is 9.73 Å². The molecular formula is C23H37IN6O. The molecule has 0 aliphatic carbocycles. The summed E-state index contributed by atoms with van der Waals surface area (Å²) in [5, 5.41) is 11.3. The van der Waals surface area contributed by atoms with Crippen molar-refractivity contribution in [3.8, 4) is 5.69 Å². The van der Waals surface area contributed by atoms with Crippen LogP contribution < -0.4 is 10.6 Å². The van der Waals surface area contributed by atoms with E-state index in [-0.39, 0.29) is 24.0 Å². The van der Waals surface area contributed by atoms with E-state index >= 15 is 0 Å². The highest BCUT2D eigenvalue weighted by molar-refractivity contribution is 14.0. The lowest BCUT2D eigenvalue weighted by molar-refractivity contribution is 0.0132. The van der Waals surface area contributed by atoms with E-state index in [1.807, 2.05) is 16.9 Å². The van der Waals surface area contributed by atoms with E-state index in [2.05, 4.69) is 65.7 Å². The molecule has 31 heavy (non-hydrogen) atoms. The first-order chi connectivity index (χ1) is 14.7. The SMILES string of the molecule is CCNC(=NCc1cccc(-n2cccn2)c1)NCC(CC(C)C)N1CCOCC1.I. The number of nitrogens with zero attached hydrogens (tertiary/aromatic N) is 4. The number of halogens is 1. The van der Waals surface area contributed by atoms with Crippen molar-refractivity contribution < 1.29 is 4.74 Å². The molecule has 0 saturated carbocycles. The van der Waals surface area contributed by atoms with Crippen LogP contribution in [0.4, 0.5) is 0 Å². The minimum Gasteiger partial charge on any atom is -0.379 e. The van der Waals surface area contributed by atoms with Crippen molar-refractivity contribution in [1.82, 2.24) is 25.3 Å². The first-order valence-electron chi connectivity index (χ1n) is 11.1. The number of aromatic nitrogens is 2. The second-order valence-corrected chi connectivity index (χ2v) is 8.13. The van der Waals surface area contributed by atoms with Crippen molar-refractivity contribution in [1.29, 1.82) is 0 Å². The van der Waals surface area contributed by atoms with Gasteiger partial charge in [-0.05, 0) is 43.0 Å². The number of hydrogen-bond donors (Lipinski definition) is 2. The van der Waals surface area contributed by atoms with Crippen LogP contribution in [0.15, 0.2) is 47.7 Å². The summed E-state index contributed by atoms with van der Waals surface area (Å²) in [6.07, 6.45) is 4.91. The summed E-state index contributed by atoms with van der Waals surface area (Å²) in [4.78, 5) is 7.37. The third kappa shape index (κ3) is 8.42. The smallest absolute Gasteiger partial charge is 0.191 e. The van der Waals surface area contributed by atoms with E-state index in [0.29, 0.717) is 18.5 Å². The normalized spacial score (nSPS) is 16.1. The predicted molar refractivity (Wildman–Crippen MR) is 137 cm³/mol. The number of nitrogens with one attached hydrogen (secondary N) is 2. The van der Waals surface area contributed by atoms with Crippen LogP contribution >= 0.6 is 24.0 Å². The van der Waals surface area contributed by atoms with Crippen LogP contribution in [0.2, 0.25) is 0 Å². The molecule has 1 atom stereocenters. The maximum absolute atomic E-state index is 5.54. The van der Waals surface area contributed by atoms with Crippen LogP contribution in [0.25, 0.3) is 5.69 Å². The van der Waals surface area contributed by atoms with Gasteiger partial charge in [0.15, 0.2) is 5.96 Å². The van der Waals surface area contributed by atoms with E-state index in [9.17, 15) is 0 Å². The zero-order chi connectivity index (χ0) is 21.2. The largest absolute Gasteiger partial charge is 0.379 e. The van der Waals surface area contributed by atoms with E-state index < -0.39 is 0 Å². The first kappa shape index (κ1) is 25.6. The first-order valence-corrected chi connectivity index (χ1v) is 11.1. The molecule has 1 aromatic carbocycles. The van der Waals surface area contributed by atoms with Crippen LogP contribution in [-0.4, -0.2) is 66.1 Å². The second kappa shape index (κ2) is 13.7. The Morgan fingerprint density at radius 1 is 1.19 bits per heavy atom. The molecule has 7 nitrogen and oxygen atoms in total. The Morgan fingerprint density at radius 3 is 2.68 bits per heavy atom. The second-order valence-electron chi connectivity index (χ2n) is 8.13. The lowest BCUT2D eigenvalue weighted by atomic mass is 10.0. The number of guanidine groups is 1.